The maximum Gasteiger partial charge on any atom is 0.248 e. The quantitative estimate of drug-likeness (QED) is 0.801. The molecular formula is C14H27N3O2. The Hall–Kier alpha value is -0.650. The van der Waals surface area contributed by atoms with Crippen molar-refractivity contribution in [3.63, 3.8) is 0 Å². The molecular weight excluding hydrogens is 242 g/mol. The fourth-order valence-electron chi connectivity index (χ4n) is 2.98. The largest absolute Gasteiger partial charge is 0.368 e. The van der Waals surface area contributed by atoms with Gasteiger partial charge in [0.15, 0.2) is 0 Å². The summed E-state index contributed by atoms with van der Waals surface area (Å²) in [6, 6.07) is 0.289. The summed E-state index contributed by atoms with van der Waals surface area (Å²) < 4.78 is 5.77. The Kier molecular flexibility index (Phi) is 5.60. The molecule has 0 aromatic carbocycles. The molecule has 2 heterocycles. The zero-order valence-corrected chi connectivity index (χ0v) is 12.2. The molecule has 0 aromatic rings. The van der Waals surface area contributed by atoms with Gasteiger partial charge in [-0.05, 0) is 52.9 Å². The van der Waals surface area contributed by atoms with Gasteiger partial charge in [0.05, 0.1) is 6.10 Å². The molecule has 0 bridgehead atoms. The molecule has 0 spiro atoms. The number of likely N-dealkylation sites (N-methyl/N-ethyl adjacent to an activating group) is 1. The fourth-order valence-corrected chi connectivity index (χ4v) is 2.98. The molecule has 2 saturated heterocycles. The van der Waals surface area contributed by atoms with Crippen LogP contribution < -0.4 is 5.32 Å². The monoisotopic (exact) mass is 269 g/mol. The van der Waals surface area contributed by atoms with Gasteiger partial charge in [-0.1, -0.05) is 0 Å². The Balaban J connectivity index is 1.77. The standard InChI is InChI=1S/C14H27N3O2/c1-12-10-16(2)8-3-9-17(12)14(18)11-19-13-4-6-15-7-5-13/h12-13,15H,3-11H2,1-2H3. The van der Waals surface area contributed by atoms with Gasteiger partial charge in [0.25, 0.3) is 0 Å². The lowest BCUT2D eigenvalue weighted by Gasteiger charge is -2.29. The molecule has 0 aliphatic carbocycles. The van der Waals surface area contributed by atoms with E-state index in [1.165, 1.54) is 0 Å². The number of nitrogens with zero attached hydrogens (tertiary/aromatic N) is 2. The summed E-state index contributed by atoms with van der Waals surface area (Å²) >= 11 is 0. The number of carbonyl (C=O) groups is 1. The van der Waals surface area contributed by atoms with Crippen LogP contribution in [0.4, 0.5) is 0 Å². The predicted octanol–water partition coefficient (Wildman–Crippen LogP) is 0.308. The number of rotatable bonds is 3. The zero-order chi connectivity index (χ0) is 13.7. The molecule has 2 fully saturated rings. The normalized spacial score (nSPS) is 27.3. The number of hydrogen-bond donors (Lipinski definition) is 1. The molecule has 0 radical (unpaired) electrons. The van der Waals surface area contributed by atoms with E-state index in [2.05, 4.69) is 24.2 Å². The Morgan fingerprint density at radius 2 is 2.05 bits per heavy atom. The molecule has 0 saturated carbocycles. The highest BCUT2D eigenvalue weighted by Gasteiger charge is 2.25. The van der Waals surface area contributed by atoms with Crippen LogP contribution in [0.3, 0.4) is 0 Å². The van der Waals surface area contributed by atoms with Gasteiger partial charge in [0, 0.05) is 19.1 Å². The van der Waals surface area contributed by atoms with Crippen molar-refractivity contribution in [2.75, 3.05) is 46.4 Å². The van der Waals surface area contributed by atoms with Crippen LogP contribution in [0.25, 0.3) is 0 Å². The first-order valence-electron chi connectivity index (χ1n) is 7.47. The van der Waals surface area contributed by atoms with Crippen molar-refractivity contribution in [1.82, 2.24) is 15.1 Å². The Morgan fingerprint density at radius 3 is 2.79 bits per heavy atom. The second-order valence-corrected chi connectivity index (χ2v) is 5.81. The molecule has 2 aliphatic rings. The molecule has 110 valence electrons. The summed E-state index contributed by atoms with van der Waals surface area (Å²) in [5.41, 5.74) is 0. The minimum absolute atomic E-state index is 0.154. The molecule has 1 amide bonds. The lowest BCUT2D eigenvalue weighted by Crippen LogP contribution is -2.44. The lowest BCUT2D eigenvalue weighted by atomic mass is 10.1. The van der Waals surface area contributed by atoms with E-state index in [9.17, 15) is 4.79 Å². The molecule has 1 unspecified atom stereocenters. The number of hydrogen-bond acceptors (Lipinski definition) is 4. The van der Waals surface area contributed by atoms with Gasteiger partial charge in [-0.2, -0.15) is 0 Å². The molecule has 19 heavy (non-hydrogen) atoms. The van der Waals surface area contributed by atoms with Crippen LogP contribution >= 0.6 is 0 Å². The number of ether oxygens (including phenoxy) is 1. The van der Waals surface area contributed by atoms with Gasteiger partial charge in [-0.15, -0.1) is 0 Å². The van der Waals surface area contributed by atoms with E-state index in [-0.39, 0.29) is 24.7 Å². The summed E-state index contributed by atoms with van der Waals surface area (Å²) in [7, 11) is 2.12. The molecule has 5 nitrogen and oxygen atoms in total. The second kappa shape index (κ2) is 7.22. The van der Waals surface area contributed by atoms with Gasteiger partial charge in [-0.3, -0.25) is 4.79 Å². The first kappa shape index (κ1) is 14.8. The van der Waals surface area contributed by atoms with Crippen LogP contribution in [0.2, 0.25) is 0 Å². The minimum Gasteiger partial charge on any atom is -0.368 e. The van der Waals surface area contributed by atoms with Crippen molar-refractivity contribution < 1.29 is 9.53 Å². The van der Waals surface area contributed by atoms with Crippen LogP contribution in [-0.4, -0.2) is 74.2 Å². The SMILES string of the molecule is CC1CN(C)CCCN1C(=O)COC1CCNCC1. The topological polar surface area (TPSA) is 44.8 Å². The van der Waals surface area contributed by atoms with Crippen molar-refractivity contribution in [2.45, 2.75) is 38.3 Å². The Morgan fingerprint density at radius 1 is 1.32 bits per heavy atom. The van der Waals surface area contributed by atoms with Crippen LogP contribution in [0.15, 0.2) is 0 Å². The van der Waals surface area contributed by atoms with Gasteiger partial charge in [-0.25, -0.2) is 0 Å². The molecule has 0 aromatic heterocycles. The van der Waals surface area contributed by atoms with Crippen molar-refractivity contribution in [2.24, 2.45) is 0 Å². The predicted molar refractivity (Wildman–Crippen MR) is 75.1 cm³/mol. The van der Waals surface area contributed by atoms with E-state index < -0.39 is 0 Å². The molecule has 1 N–H and O–H groups in total. The summed E-state index contributed by atoms with van der Waals surface area (Å²) in [4.78, 5) is 16.6. The Bertz CT molecular complexity index is 292. The first-order chi connectivity index (χ1) is 9.16. The highest BCUT2D eigenvalue weighted by molar-refractivity contribution is 5.77. The van der Waals surface area contributed by atoms with E-state index in [0.717, 1.165) is 52.0 Å². The zero-order valence-electron chi connectivity index (χ0n) is 12.2. The van der Waals surface area contributed by atoms with Crippen LogP contribution in [0, 0.1) is 0 Å². The van der Waals surface area contributed by atoms with Crippen molar-refractivity contribution in [1.29, 1.82) is 0 Å². The molecule has 5 heteroatoms. The van der Waals surface area contributed by atoms with E-state index >= 15 is 0 Å². The third-order valence-electron chi connectivity index (χ3n) is 4.10. The van der Waals surface area contributed by atoms with Crippen LogP contribution in [-0.2, 0) is 9.53 Å². The summed E-state index contributed by atoms with van der Waals surface area (Å²) in [5.74, 6) is 0.154. The van der Waals surface area contributed by atoms with Gasteiger partial charge in [0.2, 0.25) is 5.91 Å². The van der Waals surface area contributed by atoms with E-state index in [4.69, 9.17) is 4.74 Å². The number of nitrogens with one attached hydrogen (secondary N) is 1. The molecule has 1 atom stereocenters. The average Bonchev–Trinajstić information content (AvgIpc) is 2.58. The van der Waals surface area contributed by atoms with E-state index in [1.54, 1.807) is 0 Å². The van der Waals surface area contributed by atoms with E-state index in [1.807, 2.05) is 4.90 Å². The van der Waals surface area contributed by atoms with Crippen molar-refractivity contribution in [3.05, 3.63) is 0 Å². The van der Waals surface area contributed by atoms with Crippen LogP contribution in [0.5, 0.6) is 0 Å². The van der Waals surface area contributed by atoms with Crippen molar-refractivity contribution >= 4 is 5.91 Å². The summed E-state index contributed by atoms with van der Waals surface area (Å²) in [6.45, 7) is 7.28. The molecule has 2 aliphatic heterocycles. The Labute approximate surface area is 116 Å². The number of carbonyl (C=O) groups excluding carboxylic acids is 1. The first-order valence-corrected chi connectivity index (χ1v) is 7.47. The maximum absolute atomic E-state index is 12.3. The fraction of sp³-hybridized carbons (Fsp3) is 0.929. The summed E-state index contributed by atoms with van der Waals surface area (Å²) in [5, 5.41) is 3.31. The highest BCUT2D eigenvalue weighted by atomic mass is 16.5. The van der Waals surface area contributed by atoms with Gasteiger partial charge < -0.3 is 19.9 Å². The highest BCUT2D eigenvalue weighted by Crippen LogP contribution is 2.11. The van der Waals surface area contributed by atoms with Crippen molar-refractivity contribution in [3.8, 4) is 0 Å². The second-order valence-electron chi connectivity index (χ2n) is 5.81. The number of piperidine rings is 1. The smallest absolute Gasteiger partial charge is 0.248 e. The molecule has 2 rings (SSSR count). The van der Waals surface area contributed by atoms with Gasteiger partial charge in [0.1, 0.15) is 6.61 Å². The van der Waals surface area contributed by atoms with Gasteiger partial charge >= 0.3 is 0 Å². The lowest BCUT2D eigenvalue weighted by molar-refractivity contribution is -0.140. The third kappa shape index (κ3) is 4.44. The summed E-state index contributed by atoms with van der Waals surface area (Å²) in [6.07, 6.45) is 3.35. The maximum atomic E-state index is 12.3. The number of amides is 1. The van der Waals surface area contributed by atoms with E-state index in [0.29, 0.717) is 0 Å². The average molecular weight is 269 g/mol. The van der Waals surface area contributed by atoms with Crippen LogP contribution in [0.1, 0.15) is 26.2 Å². The third-order valence-corrected chi connectivity index (χ3v) is 4.10. The minimum atomic E-state index is 0.154.